The van der Waals surface area contributed by atoms with Gasteiger partial charge in [-0.25, -0.2) is 14.2 Å². The molecule has 0 saturated carbocycles. The highest BCUT2D eigenvalue weighted by Crippen LogP contribution is 2.15. The number of carboxylic acid groups (broad SMARTS) is 1. The second-order valence-electron chi connectivity index (χ2n) is 3.20. The number of ether oxygens (including phenoxy) is 1. The number of carbonyl (C=O) groups is 1. The van der Waals surface area contributed by atoms with E-state index in [2.05, 4.69) is 0 Å². The second kappa shape index (κ2) is 3.82. The molecule has 0 unspecified atom stereocenters. The average Bonchev–Trinajstić information content (AvgIpc) is 2.55. The molecule has 0 aliphatic heterocycles. The van der Waals surface area contributed by atoms with Crippen LogP contribution in [0.2, 0.25) is 0 Å². The lowest BCUT2D eigenvalue weighted by Crippen LogP contribution is -2.14. The normalized spacial score (nSPS) is 10.8. The first-order valence-corrected chi connectivity index (χ1v) is 4.49. The molecule has 16 heavy (non-hydrogen) atoms. The first kappa shape index (κ1) is 10.4. The maximum Gasteiger partial charge on any atom is 0.421 e. The van der Waals surface area contributed by atoms with Crippen molar-refractivity contribution in [2.45, 2.75) is 6.73 Å². The molecule has 0 spiro atoms. The molecule has 1 aromatic heterocycles. The Morgan fingerprint density at radius 1 is 1.56 bits per heavy atom. The Balaban J connectivity index is 2.65. The Morgan fingerprint density at radius 2 is 2.31 bits per heavy atom. The van der Waals surface area contributed by atoms with Crippen LogP contribution in [0.4, 0.5) is 0 Å². The SMILES string of the molecule is COCn1c(=O)oc2cc(C(=O)O)ccc21. The highest BCUT2D eigenvalue weighted by molar-refractivity contribution is 5.91. The molecule has 0 bridgehead atoms. The van der Waals surface area contributed by atoms with Crippen LogP contribution in [-0.2, 0) is 11.5 Å². The van der Waals surface area contributed by atoms with E-state index in [4.69, 9.17) is 14.3 Å². The van der Waals surface area contributed by atoms with Crippen molar-refractivity contribution >= 4 is 17.1 Å². The number of rotatable bonds is 3. The summed E-state index contributed by atoms with van der Waals surface area (Å²) in [4.78, 5) is 22.1. The molecule has 1 aromatic carbocycles. The van der Waals surface area contributed by atoms with E-state index < -0.39 is 11.7 Å². The van der Waals surface area contributed by atoms with Crippen LogP contribution in [0.1, 0.15) is 10.4 Å². The summed E-state index contributed by atoms with van der Waals surface area (Å²) in [5.41, 5.74) is 0.824. The number of oxazole rings is 1. The monoisotopic (exact) mass is 223 g/mol. The van der Waals surface area contributed by atoms with Crippen LogP contribution in [0.15, 0.2) is 27.4 Å². The molecule has 1 N–H and O–H groups in total. The molecule has 0 aliphatic rings. The van der Waals surface area contributed by atoms with E-state index in [-0.39, 0.29) is 17.9 Å². The van der Waals surface area contributed by atoms with Crippen LogP contribution in [-0.4, -0.2) is 22.8 Å². The number of carboxylic acids is 1. The van der Waals surface area contributed by atoms with E-state index in [0.717, 1.165) is 0 Å². The van der Waals surface area contributed by atoms with Gasteiger partial charge in [0.15, 0.2) is 5.58 Å². The first-order valence-electron chi connectivity index (χ1n) is 4.49. The van der Waals surface area contributed by atoms with Gasteiger partial charge in [-0.05, 0) is 18.2 Å². The lowest BCUT2D eigenvalue weighted by molar-refractivity contribution is 0.0697. The lowest BCUT2D eigenvalue weighted by atomic mass is 10.2. The van der Waals surface area contributed by atoms with Crippen molar-refractivity contribution in [3.63, 3.8) is 0 Å². The van der Waals surface area contributed by atoms with Crippen LogP contribution in [0, 0.1) is 0 Å². The van der Waals surface area contributed by atoms with Gasteiger partial charge in [0, 0.05) is 7.11 Å². The van der Waals surface area contributed by atoms with Gasteiger partial charge in [-0.2, -0.15) is 0 Å². The number of benzene rings is 1. The number of fused-ring (bicyclic) bond motifs is 1. The molecule has 0 atom stereocenters. The van der Waals surface area contributed by atoms with E-state index in [9.17, 15) is 9.59 Å². The first-order chi connectivity index (χ1) is 7.63. The Labute approximate surface area is 89.7 Å². The van der Waals surface area contributed by atoms with E-state index in [1.165, 1.54) is 29.9 Å². The molecule has 1 heterocycles. The summed E-state index contributed by atoms with van der Waals surface area (Å²) < 4.78 is 11.0. The summed E-state index contributed by atoms with van der Waals surface area (Å²) in [5, 5.41) is 8.77. The summed E-state index contributed by atoms with van der Waals surface area (Å²) in [5.74, 6) is -1.64. The molecule has 6 nitrogen and oxygen atoms in total. The number of aromatic nitrogens is 1. The summed E-state index contributed by atoms with van der Waals surface area (Å²) in [6, 6.07) is 4.24. The van der Waals surface area contributed by atoms with Crippen molar-refractivity contribution in [2.24, 2.45) is 0 Å². The fraction of sp³-hybridized carbons (Fsp3) is 0.200. The molecule has 6 heteroatoms. The third kappa shape index (κ3) is 1.59. The van der Waals surface area contributed by atoms with Gasteiger partial charge in [0.05, 0.1) is 11.1 Å². The largest absolute Gasteiger partial charge is 0.478 e. The zero-order chi connectivity index (χ0) is 11.7. The van der Waals surface area contributed by atoms with Crippen LogP contribution in [0.3, 0.4) is 0 Å². The predicted molar refractivity (Wildman–Crippen MR) is 54.4 cm³/mol. The Morgan fingerprint density at radius 3 is 2.94 bits per heavy atom. The Bertz CT molecular complexity index is 595. The minimum Gasteiger partial charge on any atom is -0.478 e. The van der Waals surface area contributed by atoms with E-state index in [1.807, 2.05) is 0 Å². The molecular weight excluding hydrogens is 214 g/mol. The quantitative estimate of drug-likeness (QED) is 0.835. The van der Waals surface area contributed by atoms with Crippen LogP contribution in [0.5, 0.6) is 0 Å². The molecule has 2 aromatic rings. The average molecular weight is 223 g/mol. The molecule has 0 amide bonds. The number of methoxy groups -OCH3 is 1. The number of hydrogen-bond donors (Lipinski definition) is 1. The zero-order valence-corrected chi connectivity index (χ0v) is 8.47. The zero-order valence-electron chi connectivity index (χ0n) is 8.47. The van der Waals surface area contributed by atoms with Crippen molar-refractivity contribution < 1.29 is 19.1 Å². The number of nitrogens with zero attached hydrogens (tertiary/aromatic N) is 1. The fourth-order valence-electron chi connectivity index (χ4n) is 1.45. The Hall–Kier alpha value is -2.08. The van der Waals surface area contributed by atoms with Gasteiger partial charge >= 0.3 is 11.7 Å². The topological polar surface area (TPSA) is 81.7 Å². The van der Waals surface area contributed by atoms with Crippen molar-refractivity contribution in [1.82, 2.24) is 4.57 Å². The van der Waals surface area contributed by atoms with E-state index >= 15 is 0 Å². The van der Waals surface area contributed by atoms with Crippen molar-refractivity contribution in [3.8, 4) is 0 Å². The molecular formula is C10H9NO5. The van der Waals surface area contributed by atoms with Crippen molar-refractivity contribution in [1.29, 1.82) is 0 Å². The summed E-state index contributed by atoms with van der Waals surface area (Å²) in [7, 11) is 1.46. The maximum atomic E-state index is 11.4. The van der Waals surface area contributed by atoms with Crippen LogP contribution < -0.4 is 5.76 Å². The van der Waals surface area contributed by atoms with Gasteiger partial charge in [-0.3, -0.25) is 0 Å². The third-order valence-electron chi connectivity index (χ3n) is 2.17. The van der Waals surface area contributed by atoms with Crippen LogP contribution >= 0.6 is 0 Å². The highest BCUT2D eigenvalue weighted by atomic mass is 16.5. The van der Waals surface area contributed by atoms with Gasteiger partial charge in [0.2, 0.25) is 0 Å². The highest BCUT2D eigenvalue weighted by Gasteiger charge is 2.11. The molecule has 0 radical (unpaired) electrons. The lowest BCUT2D eigenvalue weighted by Gasteiger charge is -1.99. The number of aromatic carboxylic acids is 1. The van der Waals surface area contributed by atoms with E-state index in [1.54, 1.807) is 0 Å². The predicted octanol–water partition coefficient (Wildman–Crippen LogP) is 0.897. The minimum atomic E-state index is -1.07. The fourth-order valence-corrected chi connectivity index (χ4v) is 1.45. The van der Waals surface area contributed by atoms with Crippen molar-refractivity contribution in [2.75, 3.05) is 7.11 Å². The summed E-state index contributed by atoms with van der Waals surface area (Å²) >= 11 is 0. The maximum absolute atomic E-state index is 11.4. The van der Waals surface area contributed by atoms with Gasteiger partial charge in [0.1, 0.15) is 6.73 Å². The van der Waals surface area contributed by atoms with Gasteiger partial charge < -0.3 is 14.3 Å². The second-order valence-corrected chi connectivity index (χ2v) is 3.20. The van der Waals surface area contributed by atoms with Gasteiger partial charge in [-0.15, -0.1) is 0 Å². The summed E-state index contributed by atoms with van der Waals surface area (Å²) in [6.45, 7) is 0.0677. The molecule has 84 valence electrons. The molecule has 2 rings (SSSR count). The summed E-state index contributed by atoms with van der Waals surface area (Å²) in [6.07, 6.45) is 0. The van der Waals surface area contributed by atoms with Gasteiger partial charge in [-0.1, -0.05) is 0 Å². The van der Waals surface area contributed by atoms with E-state index in [0.29, 0.717) is 5.52 Å². The van der Waals surface area contributed by atoms with Gasteiger partial charge in [0.25, 0.3) is 0 Å². The molecule has 0 saturated heterocycles. The minimum absolute atomic E-state index is 0.0677. The molecule has 0 aliphatic carbocycles. The number of hydrogen-bond acceptors (Lipinski definition) is 4. The molecule has 0 fully saturated rings. The van der Waals surface area contributed by atoms with Crippen molar-refractivity contribution in [3.05, 3.63) is 34.3 Å². The van der Waals surface area contributed by atoms with Crippen LogP contribution in [0.25, 0.3) is 11.1 Å². The Kier molecular flexibility index (Phi) is 2.49. The smallest absolute Gasteiger partial charge is 0.421 e. The standard InChI is InChI=1S/C10H9NO5/c1-15-5-11-7-3-2-6(9(12)13)4-8(7)16-10(11)14/h2-4H,5H2,1H3,(H,12,13). The third-order valence-corrected chi connectivity index (χ3v) is 2.17.